The zero-order valence-electron chi connectivity index (χ0n) is 29.2. The first kappa shape index (κ1) is 30.8. The molecule has 0 saturated carbocycles. The molecule has 53 heavy (non-hydrogen) atoms. The molecule has 1 heterocycles. The monoisotopic (exact) mass is 673 g/mol. The SMILES string of the molecule is c1ccc(-c2ccc(-n3cc(-c4ccc(-c5ccc6ccccc6c5)cc4)c4cc(-c5ccc(-c6ccc7ccccc7c6)cc5)ccc43)cc2)cc1. The molecule has 0 atom stereocenters. The molecule has 0 bridgehead atoms. The molecule has 0 N–H and O–H groups in total. The van der Waals surface area contributed by atoms with E-state index in [-0.39, 0.29) is 0 Å². The zero-order valence-corrected chi connectivity index (χ0v) is 29.2. The standard InChI is InChI=1S/C52H35N/c1-2-8-36(9-3-1)39-26-29-49(30-27-39)53-35-51(43-22-18-41(19-23-43)47-25-21-38-11-5-7-13-45(38)33-47)50-34-48(28-31-52(50)53)42-16-14-40(15-17-42)46-24-20-37-10-4-6-12-44(37)32-46/h1-35H. The van der Waals surface area contributed by atoms with Crippen LogP contribution in [0.5, 0.6) is 0 Å². The van der Waals surface area contributed by atoms with Gasteiger partial charge in [-0.05, 0) is 108 Å². The van der Waals surface area contributed by atoms with E-state index in [2.05, 4.69) is 217 Å². The number of benzene rings is 9. The fourth-order valence-corrected chi connectivity index (χ4v) is 7.73. The van der Waals surface area contributed by atoms with Gasteiger partial charge in [-0.15, -0.1) is 0 Å². The summed E-state index contributed by atoms with van der Waals surface area (Å²) in [5.41, 5.74) is 14.5. The van der Waals surface area contributed by atoms with Crippen LogP contribution in [-0.4, -0.2) is 4.57 Å². The van der Waals surface area contributed by atoms with Crippen LogP contribution >= 0.6 is 0 Å². The van der Waals surface area contributed by atoms with Gasteiger partial charge < -0.3 is 4.57 Å². The fourth-order valence-electron chi connectivity index (χ4n) is 7.73. The van der Waals surface area contributed by atoms with Crippen molar-refractivity contribution >= 4 is 32.4 Å². The van der Waals surface area contributed by atoms with Crippen molar-refractivity contribution < 1.29 is 0 Å². The molecule has 10 aromatic rings. The van der Waals surface area contributed by atoms with Crippen molar-refractivity contribution in [1.29, 1.82) is 0 Å². The van der Waals surface area contributed by atoms with E-state index in [1.54, 1.807) is 0 Å². The third-order valence-electron chi connectivity index (χ3n) is 10.6. The number of aromatic nitrogens is 1. The number of rotatable bonds is 6. The van der Waals surface area contributed by atoms with Gasteiger partial charge >= 0.3 is 0 Å². The van der Waals surface area contributed by atoms with E-state index < -0.39 is 0 Å². The number of fused-ring (bicyclic) bond motifs is 3. The summed E-state index contributed by atoms with van der Waals surface area (Å²) >= 11 is 0. The maximum atomic E-state index is 2.36. The van der Waals surface area contributed by atoms with Crippen molar-refractivity contribution in [2.45, 2.75) is 0 Å². The predicted molar refractivity (Wildman–Crippen MR) is 225 cm³/mol. The maximum absolute atomic E-state index is 2.36. The van der Waals surface area contributed by atoms with E-state index in [0.29, 0.717) is 0 Å². The summed E-state index contributed by atoms with van der Waals surface area (Å²) in [5.74, 6) is 0. The van der Waals surface area contributed by atoms with Crippen LogP contribution in [0.1, 0.15) is 0 Å². The highest BCUT2D eigenvalue weighted by atomic mass is 15.0. The van der Waals surface area contributed by atoms with Crippen molar-refractivity contribution in [2.75, 3.05) is 0 Å². The molecule has 10 rings (SSSR count). The average Bonchev–Trinajstić information content (AvgIpc) is 3.63. The molecule has 0 saturated heterocycles. The van der Waals surface area contributed by atoms with Crippen molar-refractivity contribution in [3.05, 3.63) is 212 Å². The fraction of sp³-hybridized carbons (Fsp3) is 0. The van der Waals surface area contributed by atoms with Crippen LogP contribution in [0, 0.1) is 0 Å². The van der Waals surface area contributed by atoms with Crippen LogP contribution < -0.4 is 0 Å². The summed E-state index contributed by atoms with van der Waals surface area (Å²) in [5, 5.41) is 6.27. The summed E-state index contributed by atoms with van der Waals surface area (Å²) in [4.78, 5) is 0. The minimum Gasteiger partial charge on any atom is -0.316 e. The Morgan fingerprint density at radius 2 is 0.660 bits per heavy atom. The highest BCUT2D eigenvalue weighted by Gasteiger charge is 2.14. The lowest BCUT2D eigenvalue weighted by molar-refractivity contribution is 1.13. The zero-order chi connectivity index (χ0) is 35.1. The van der Waals surface area contributed by atoms with E-state index in [1.165, 1.54) is 88.1 Å². The van der Waals surface area contributed by atoms with Crippen LogP contribution in [0.15, 0.2) is 212 Å². The Balaban J connectivity index is 1.04. The van der Waals surface area contributed by atoms with Crippen molar-refractivity contribution in [2.24, 2.45) is 0 Å². The molecule has 0 unspecified atom stereocenters. The van der Waals surface area contributed by atoms with Gasteiger partial charge in [-0.3, -0.25) is 0 Å². The van der Waals surface area contributed by atoms with E-state index in [1.807, 2.05) is 0 Å². The lowest BCUT2D eigenvalue weighted by atomic mass is 9.96. The summed E-state index contributed by atoms with van der Waals surface area (Å²) in [6.07, 6.45) is 2.31. The third-order valence-corrected chi connectivity index (χ3v) is 10.6. The maximum Gasteiger partial charge on any atom is 0.0535 e. The Morgan fingerprint density at radius 1 is 0.264 bits per heavy atom. The molecule has 1 heteroatoms. The van der Waals surface area contributed by atoms with Crippen LogP contribution in [0.4, 0.5) is 0 Å². The molecule has 0 fully saturated rings. The molecule has 9 aromatic carbocycles. The van der Waals surface area contributed by atoms with Gasteiger partial charge in [0.05, 0.1) is 5.52 Å². The Morgan fingerprint density at radius 3 is 1.23 bits per heavy atom. The van der Waals surface area contributed by atoms with Crippen LogP contribution in [0.3, 0.4) is 0 Å². The Bertz CT molecular complexity index is 2900. The van der Waals surface area contributed by atoms with Gasteiger partial charge in [0.1, 0.15) is 0 Å². The summed E-state index contributed by atoms with van der Waals surface area (Å²) in [6, 6.07) is 75.0. The third kappa shape index (κ3) is 5.79. The van der Waals surface area contributed by atoms with Gasteiger partial charge in [-0.25, -0.2) is 0 Å². The second-order valence-corrected chi connectivity index (χ2v) is 13.8. The minimum atomic E-state index is 1.14. The number of hydrogen-bond donors (Lipinski definition) is 0. The molecule has 0 aliphatic heterocycles. The molecule has 1 nitrogen and oxygen atoms in total. The average molecular weight is 674 g/mol. The van der Waals surface area contributed by atoms with Crippen LogP contribution in [0.2, 0.25) is 0 Å². The second-order valence-electron chi connectivity index (χ2n) is 13.8. The Hall–Kier alpha value is -6.96. The summed E-state index contributed by atoms with van der Waals surface area (Å²) in [7, 11) is 0. The smallest absolute Gasteiger partial charge is 0.0535 e. The van der Waals surface area contributed by atoms with Crippen molar-refractivity contribution in [3.63, 3.8) is 0 Å². The van der Waals surface area contributed by atoms with Crippen LogP contribution in [0.25, 0.3) is 93.8 Å². The van der Waals surface area contributed by atoms with Gasteiger partial charge in [0.15, 0.2) is 0 Å². The molecule has 0 radical (unpaired) electrons. The number of hydrogen-bond acceptors (Lipinski definition) is 0. The van der Waals surface area contributed by atoms with Gasteiger partial charge in [0, 0.05) is 22.8 Å². The normalized spacial score (nSPS) is 11.4. The Kier molecular flexibility index (Phi) is 7.55. The molecule has 248 valence electrons. The lowest BCUT2D eigenvalue weighted by Crippen LogP contribution is -1.92. The molecule has 0 spiro atoms. The van der Waals surface area contributed by atoms with Crippen molar-refractivity contribution in [3.8, 4) is 61.3 Å². The lowest BCUT2D eigenvalue weighted by Gasteiger charge is -2.09. The van der Waals surface area contributed by atoms with Crippen LogP contribution in [-0.2, 0) is 0 Å². The first-order chi connectivity index (χ1) is 26.2. The van der Waals surface area contributed by atoms with E-state index >= 15 is 0 Å². The molecule has 0 amide bonds. The molecular weight excluding hydrogens is 639 g/mol. The quantitative estimate of drug-likeness (QED) is 0.166. The Labute approximate surface area is 309 Å². The van der Waals surface area contributed by atoms with Gasteiger partial charge in [0.25, 0.3) is 0 Å². The summed E-state index contributed by atoms with van der Waals surface area (Å²) in [6.45, 7) is 0. The topological polar surface area (TPSA) is 4.93 Å². The largest absolute Gasteiger partial charge is 0.316 e. The molecule has 1 aromatic heterocycles. The highest BCUT2D eigenvalue weighted by molar-refractivity contribution is 6.00. The first-order valence-corrected chi connectivity index (χ1v) is 18.2. The summed E-state index contributed by atoms with van der Waals surface area (Å²) < 4.78 is 2.34. The second kappa shape index (κ2) is 13.0. The van der Waals surface area contributed by atoms with Gasteiger partial charge in [-0.2, -0.15) is 0 Å². The van der Waals surface area contributed by atoms with E-state index in [0.717, 1.165) is 5.69 Å². The van der Waals surface area contributed by atoms with E-state index in [9.17, 15) is 0 Å². The molecule has 0 aliphatic carbocycles. The molecular formula is C52H35N. The van der Waals surface area contributed by atoms with Gasteiger partial charge in [0.2, 0.25) is 0 Å². The number of nitrogens with zero attached hydrogens (tertiary/aromatic N) is 1. The highest BCUT2D eigenvalue weighted by Crippen LogP contribution is 2.38. The van der Waals surface area contributed by atoms with Crippen molar-refractivity contribution in [1.82, 2.24) is 4.57 Å². The minimum absolute atomic E-state index is 1.14. The predicted octanol–water partition coefficient (Wildman–Crippen LogP) is 14.3. The van der Waals surface area contributed by atoms with E-state index in [4.69, 9.17) is 0 Å². The molecule has 0 aliphatic rings. The van der Waals surface area contributed by atoms with Gasteiger partial charge in [-0.1, -0.05) is 170 Å². The first-order valence-electron chi connectivity index (χ1n) is 18.2.